The Kier molecular flexibility index (Phi) is 2.14. The van der Waals surface area contributed by atoms with E-state index in [1.54, 1.807) is 6.07 Å². The second-order valence-electron chi connectivity index (χ2n) is 4.60. The molecular weight excluding hydrogens is 200 g/mol. The molecule has 0 saturated heterocycles. The zero-order chi connectivity index (χ0) is 11.1. The maximum absolute atomic E-state index is 9.92. The smallest absolute Gasteiger partial charge is 0.139 e. The molecule has 84 valence electrons. The molecule has 2 aromatic rings. The van der Waals surface area contributed by atoms with Crippen LogP contribution in [0, 0.1) is 5.92 Å². The van der Waals surface area contributed by atoms with Gasteiger partial charge in [-0.2, -0.15) is 0 Å². The molecule has 2 heterocycles. The van der Waals surface area contributed by atoms with E-state index in [2.05, 4.69) is 16.7 Å². The number of para-hydroxylation sites is 1. The summed E-state index contributed by atoms with van der Waals surface area (Å²) in [6.07, 6.45) is 2.23. The second-order valence-corrected chi connectivity index (χ2v) is 4.60. The maximum atomic E-state index is 9.92. The van der Waals surface area contributed by atoms with Crippen LogP contribution < -0.4 is 5.73 Å². The lowest BCUT2D eigenvalue weighted by molar-refractivity contribution is 0.382. The molecule has 1 unspecified atom stereocenters. The number of aryl methyl sites for hydroxylation is 1. The van der Waals surface area contributed by atoms with Gasteiger partial charge in [0, 0.05) is 17.6 Å². The van der Waals surface area contributed by atoms with Crippen LogP contribution in [0.2, 0.25) is 0 Å². The summed E-state index contributed by atoms with van der Waals surface area (Å²) in [6, 6.07) is 7.88. The van der Waals surface area contributed by atoms with Crippen LogP contribution in [0.5, 0.6) is 5.75 Å². The first-order valence-corrected chi connectivity index (χ1v) is 5.79. The number of phenolic OH excluding ortho intramolecular Hbond substituents is 1. The lowest BCUT2D eigenvalue weighted by atomic mass is 9.98. The van der Waals surface area contributed by atoms with Crippen LogP contribution in [0.15, 0.2) is 24.3 Å². The molecule has 0 radical (unpaired) electrons. The van der Waals surface area contributed by atoms with Gasteiger partial charge in [-0.1, -0.05) is 12.1 Å². The molecule has 0 fully saturated rings. The Morgan fingerprint density at radius 3 is 3.12 bits per heavy atom. The molecule has 1 aromatic heterocycles. The van der Waals surface area contributed by atoms with Crippen molar-refractivity contribution in [2.45, 2.75) is 19.4 Å². The van der Waals surface area contributed by atoms with Gasteiger partial charge >= 0.3 is 0 Å². The number of aromatic hydroxyl groups is 1. The van der Waals surface area contributed by atoms with Crippen molar-refractivity contribution >= 4 is 10.9 Å². The summed E-state index contributed by atoms with van der Waals surface area (Å²) in [4.78, 5) is 0. The van der Waals surface area contributed by atoms with Crippen LogP contribution in [0.25, 0.3) is 10.9 Å². The monoisotopic (exact) mass is 216 g/mol. The van der Waals surface area contributed by atoms with E-state index in [1.807, 2.05) is 6.07 Å². The minimum Gasteiger partial charge on any atom is -0.506 e. The number of nitrogens with zero attached hydrogens (tertiary/aromatic N) is 1. The lowest BCUT2D eigenvalue weighted by Gasteiger charge is -2.24. The summed E-state index contributed by atoms with van der Waals surface area (Å²) in [6.45, 7) is 1.67. The zero-order valence-corrected chi connectivity index (χ0v) is 9.19. The molecule has 1 atom stereocenters. The van der Waals surface area contributed by atoms with Crippen molar-refractivity contribution in [1.29, 1.82) is 0 Å². The highest BCUT2D eigenvalue weighted by Crippen LogP contribution is 2.32. The van der Waals surface area contributed by atoms with Gasteiger partial charge in [-0.05, 0) is 37.4 Å². The average Bonchev–Trinajstić information content (AvgIpc) is 2.67. The van der Waals surface area contributed by atoms with Crippen LogP contribution in [-0.2, 0) is 13.0 Å². The summed E-state index contributed by atoms with van der Waals surface area (Å²) < 4.78 is 2.23. The van der Waals surface area contributed by atoms with Crippen molar-refractivity contribution in [1.82, 2.24) is 4.57 Å². The standard InChI is InChI=1S/C13H16N2O/c14-7-9-4-5-11-6-10-2-1-3-12(16)13(10)15(11)8-9/h1-3,6,9,16H,4-5,7-8,14H2. The Morgan fingerprint density at radius 1 is 1.44 bits per heavy atom. The fourth-order valence-corrected chi connectivity index (χ4v) is 2.67. The predicted molar refractivity (Wildman–Crippen MR) is 64.5 cm³/mol. The van der Waals surface area contributed by atoms with Crippen molar-refractivity contribution in [3.63, 3.8) is 0 Å². The van der Waals surface area contributed by atoms with Crippen molar-refractivity contribution in [2.24, 2.45) is 11.7 Å². The summed E-state index contributed by atoms with van der Waals surface area (Å²) in [5.74, 6) is 0.920. The molecule has 0 bridgehead atoms. The van der Waals surface area contributed by atoms with E-state index in [0.717, 1.165) is 36.8 Å². The topological polar surface area (TPSA) is 51.2 Å². The Morgan fingerprint density at radius 2 is 2.31 bits per heavy atom. The number of hydrogen-bond acceptors (Lipinski definition) is 2. The second kappa shape index (κ2) is 3.52. The van der Waals surface area contributed by atoms with Crippen molar-refractivity contribution in [3.8, 4) is 5.75 Å². The number of phenols is 1. The lowest BCUT2D eigenvalue weighted by Crippen LogP contribution is -2.25. The highest BCUT2D eigenvalue weighted by molar-refractivity contribution is 5.86. The number of hydrogen-bond donors (Lipinski definition) is 2. The maximum Gasteiger partial charge on any atom is 0.139 e. The molecule has 0 aliphatic carbocycles. The van der Waals surface area contributed by atoms with Gasteiger partial charge in [-0.3, -0.25) is 0 Å². The molecule has 3 rings (SSSR count). The average molecular weight is 216 g/mol. The number of aromatic nitrogens is 1. The molecule has 3 nitrogen and oxygen atoms in total. The molecule has 0 saturated carbocycles. The first-order valence-electron chi connectivity index (χ1n) is 5.79. The third kappa shape index (κ3) is 1.32. The Labute approximate surface area is 94.5 Å². The molecule has 0 spiro atoms. The predicted octanol–water partition coefficient (Wildman–Crippen LogP) is 1.87. The number of nitrogens with two attached hydrogens (primary N) is 1. The van der Waals surface area contributed by atoms with Gasteiger partial charge < -0.3 is 15.4 Å². The van der Waals surface area contributed by atoms with E-state index >= 15 is 0 Å². The fraction of sp³-hybridized carbons (Fsp3) is 0.385. The van der Waals surface area contributed by atoms with E-state index in [4.69, 9.17) is 5.73 Å². The van der Waals surface area contributed by atoms with Gasteiger partial charge in [0.25, 0.3) is 0 Å². The minimum absolute atomic E-state index is 0.376. The van der Waals surface area contributed by atoms with Gasteiger partial charge in [0.1, 0.15) is 5.75 Å². The van der Waals surface area contributed by atoms with E-state index in [0.29, 0.717) is 11.7 Å². The first-order chi connectivity index (χ1) is 7.79. The van der Waals surface area contributed by atoms with Crippen molar-refractivity contribution in [2.75, 3.05) is 6.54 Å². The van der Waals surface area contributed by atoms with Crippen molar-refractivity contribution < 1.29 is 5.11 Å². The molecule has 3 N–H and O–H groups in total. The molecule has 1 aromatic carbocycles. The Hall–Kier alpha value is -1.48. The number of benzene rings is 1. The van der Waals surface area contributed by atoms with Gasteiger partial charge in [0.05, 0.1) is 5.52 Å². The zero-order valence-electron chi connectivity index (χ0n) is 9.19. The van der Waals surface area contributed by atoms with E-state index in [-0.39, 0.29) is 0 Å². The normalized spacial score (nSPS) is 19.9. The summed E-state index contributed by atoms with van der Waals surface area (Å²) in [5.41, 5.74) is 8.02. The Bertz CT molecular complexity index is 530. The quantitative estimate of drug-likeness (QED) is 0.764. The van der Waals surface area contributed by atoms with E-state index in [1.165, 1.54) is 5.69 Å². The number of fused-ring (bicyclic) bond motifs is 3. The molecule has 0 amide bonds. The largest absolute Gasteiger partial charge is 0.506 e. The third-order valence-corrected chi connectivity index (χ3v) is 3.57. The van der Waals surface area contributed by atoms with Crippen LogP contribution in [0.3, 0.4) is 0 Å². The summed E-state index contributed by atoms with van der Waals surface area (Å²) in [5, 5.41) is 11.1. The Balaban J connectivity index is 2.19. The fourth-order valence-electron chi connectivity index (χ4n) is 2.67. The third-order valence-electron chi connectivity index (χ3n) is 3.57. The summed E-state index contributed by atoms with van der Waals surface area (Å²) in [7, 11) is 0. The highest BCUT2D eigenvalue weighted by atomic mass is 16.3. The first kappa shape index (κ1) is 9.73. The minimum atomic E-state index is 0.376. The molecular formula is C13H16N2O. The molecule has 3 heteroatoms. The SMILES string of the molecule is NCC1CCc2cc3cccc(O)c3n2C1. The van der Waals surface area contributed by atoms with Gasteiger partial charge in [-0.15, -0.1) is 0 Å². The van der Waals surface area contributed by atoms with Gasteiger partial charge in [0.2, 0.25) is 0 Å². The van der Waals surface area contributed by atoms with Crippen LogP contribution >= 0.6 is 0 Å². The highest BCUT2D eigenvalue weighted by Gasteiger charge is 2.20. The van der Waals surface area contributed by atoms with Crippen LogP contribution in [-0.4, -0.2) is 16.2 Å². The van der Waals surface area contributed by atoms with E-state index in [9.17, 15) is 5.11 Å². The van der Waals surface area contributed by atoms with Crippen molar-refractivity contribution in [3.05, 3.63) is 30.0 Å². The van der Waals surface area contributed by atoms with Crippen LogP contribution in [0.4, 0.5) is 0 Å². The molecule has 1 aliphatic rings. The van der Waals surface area contributed by atoms with Gasteiger partial charge in [-0.25, -0.2) is 0 Å². The summed E-state index contributed by atoms with van der Waals surface area (Å²) >= 11 is 0. The van der Waals surface area contributed by atoms with Crippen LogP contribution in [0.1, 0.15) is 12.1 Å². The number of rotatable bonds is 1. The van der Waals surface area contributed by atoms with Gasteiger partial charge in [0.15, 0.2) is 0 Å². The molecule has 16 heavy (non-hydrogen) atoms. The van der Waals surface area contributed by atoms with E-state index < -0.39 is 0 Å². The molecule has 1 aliphatic heterocycles.